The highest BCUT2D eigenvalue weighted by molar-refractivity contribution is 7.87. The molecule has 1 saturated heterocycles. The molecular weight excluding hydrogens is 668 g/mol. The van der Waals surface area contributed by atoms with Gasteiger partial charge in [0.2, 0.25) is 11.8 Å². The molecule has 0 spiro atoms. The summed E-state index contributed by atoms with van der Waals surface area (Å²) >= 11 is 0. The first-order chi connectivity index (χ1) is 25.9. The molecule has 3 N–H and O–H groups in total. The Hall–Kier alpha value is -4.18. The maximum absolute atomic E-state index is 14.3. The van der Waals surface area contributed by atoms with Crippen molar-refractivity contribution in [3.05, 3.63) is 47.5 Å². The number of benzene rings is 1. The third-order valence-corrected chi connectivity index (χ3v) is 10.1. The number of fused-ring (bicyclic) bond motifs is 3. The van der Waals surface area contributed by atoms with Gasteiger partial charge in [-0.3, -0.25) is 19.3 Å². The van der Waals surface area contributed by atoms with Crippen molar-refractivity contribution in [1.29, 1.82) is 0 Å². The zero-order valence-electron chi connectivity index (χ0n) is 34.3. The molecule has 274 valence electrons. The summed E-state index contributed by atoms with van der Waals surface area (Å²) in [5, 5.41) is 5.19. The molecule has 1 aromatic carbocycles. The van der Waals surface area contributed by atoms with Crippen molar-refractivity contribution in [2.24, 2.45) is 5.92 Å². The number of nitrogens with one attached hydrogen (secondary N) is 3. The van der Waals surface area contributed by atoms with Crippen molar-refractivity contribution >= 4 is 40.1 Å². The minimum absolute atomic E-state index is 0.143. The van der Waals surface area contributed by atoms with E-state index in [1.807, 2.05) is 24.3 Å². The number of allylic oxidation sites excluding steroid dienone is 1. The van der Waals surface area contributed by atoms with Crippen molar-refractivity contribution in [3.8, 4) is 0 Å². The summed E-state index contributed by atoms with van der Waals surface area (Å²) in [5.41, 5.74) is -1.01. The van der Waals surface area contributed by atoms with Crippen LogP contribution in [0.3, 0.4) is 0 Å². The molecule has 5 amide bonds. The number of ether oxygens (including phenoxy) is 2. The highest BCUT2D eigenvalue weighted by atomic mass is 32.2. The molecule has 15 nitrogen and oxygen atoms in total. The molecule has 5 rings (SSSR count). The molecule has 2 fully saturated rings. The molecule has 4 aliphatic rings. The molecule has 1 aliphatic carbocycles. The molecule has 1 saturated carbocycles. The smallest absolute Gasteiger partial charge is 0.410 e. The van der Waals surface area contributed by atoms with Gasteiger partial charge < -0.3 is 25.0 Å². The van der Waals surface area contributed by atoms with E-state index in [1.54, 1.807) is 37.6 Å². The van der Waals surface area contributed by atoms with Gasteiger partial charge in [0, 0.05) is 47.6 Å². The van der Waals surface area contributed by atoms with Gasteiger partial charge in [-0.05, 0) is 57.6 Å². The van der Waals surface area contributed by atoms with Crippen LogP contribution < -0.4 is 15.4 Å². The Bertz CT molecular complexity index is 1810. The fourth-order valence-corrected chi connectivity index (χ4v) is 7.06. The summed E-state index contributed by atoms with van der Waals surface area (Å²) in [6.45, 7) is -2.14. The lowest BCUT2D eigenvalue weighted by molar-refractivity contribution is -0.141. The first kappa shape index (κ1) is 29.5. The molecule has 5 atom stereocenters. The van der Waals surface area contributed by atoms with Crippen LogP contribution in [0.25, 0.3) is 0 Å². The van der Waals surface area contributed by atoms with Crippen LogP contribution in [0.1, 0.15) is 85.1 Å². The Balaban J connectivity index is 1.44. The maximum atomic E-state index is 14.3. The van der Waals surface area contributed by atoms with Crippen LogP contribution in [0.2, 0.25) is 0 Å². The average Bonchev–Trinajstić information content (AvgIpc) is 3.35. The van der Waals surface area contributed by atoms with E-state index in [4.69, 9.17) is 17.7 Å². The summed E-state index contributed by atoms with van der Waals surface area (Å²) in [4.78, 5) is 71.4. The van der Waals surface area contributed by atoms with Gasteiger partial charge in [-0.1, -0.05) is 49.3 Å². The second kappa shape index (κ2) is 14.6. The Morgan fingerprint density at radius 3 is 2.44 bits per heavy atom. The monoisotopic (exact) mass is 722 g/mol. The van der Waals surface area contributed by atoms with E-state index in [0.717, 1.165) is 16.0 Å². The molecule has 0 aromatic heterocycles. The standard InChI is InChI=1S/C34H48N6O9S/c1-33(2,3)49-31(44)35-26-16-10-8-6-7-9-15-24-18-34(24,30(43)37-50(46,47)38(4)5)36-28(41)27-17-25(21-40(27)29(26)42)48-32(45)39-19-22-13-11-12-14-23(22)20-39/h9,11-15,24-27H,6-8,10,16-21H2,1-5H3,(H,35,44)(H,36,41)(H,37,43)/b15-9-/t24-,25-,26+,27+,34-/m1/s1/i4D3,5D3. The minimum atomic E-state index is -5.53. The lowest BCUT2D eigenvalue weighted by Crippen LogP contribution is -2.58. The van der Waals surface area contributed by atoms with Gasteiger partial charge in [0.25, 0.3) is 5.91 Å². The fraction of sp³-hybridized carbons (Fsp3) is 0.618. The molecule has 3 heterocycles. The SMILES string of the molecule is [2H]C([2H])([2H])N(C([2H])([2H])[2H])S(=O)(=O)NC(=O)[C@@]12C[C@H]1/C=C\CCCCC[C@H](NC(=O)OC(C)(C)C)C(=O)N1C[C@H](OC(=O)N3Cc4ccccc4C3)C[C@H]1C(=O)N2. The van der Waals surface area contributed by atoms with Crippen molar-refractivity contribution in [2.45, 2.75) is 108 Å². The lowest BCUT2D eigenvalue weighted by Gasteiger charge is -2.30. The van der Waals surface area contributed by atoms with Crippen molar-refractivity contribution < 1.29 is 50.1 Å². The van der Waals surface area contributed by atoms with Gasteiger partial charge in [0.15, 0.2) is 0 Å². The van der Waals surface area contributed by atoms with Crippen LogP contribution in [0, 0.1) is 5.92 Å². The Labute approximate surface area is 301 Å². The number of hydrogen-bond acceptors (Lipinski definition) is 9. The number of nitrogens with zero attached hydrogens (tertiary/aromatic N) is 3. The zero-order chi connectivity index (χ0) is 41.4. The van der Waals surface area contributed by atoms with Crippen LogP contribution in [-0.2, 0) is 47.2 Å². The van der Waals surface area contributed by atoms with Crippen molar-refractivity contribution in [1.82, 2.24) is 29.5 Å². The first-order valence-electron chi connectivity index (χ1n) is 19.6. The summed E-state index contributed by atoms with van der Waals surface area (Å²) < 4.78 is 83.6. The molecular formula is C34H48N6O9S. The first-order valence-corrected chi connectivity index (χ1v) is 18.0. The van der Waals surface area contributed by atoms with E-state index in [1.165, 1.54) is 4.90 Å². The average molecular weight is 723 g/mol. The summed E-state index contributed by atoms with van der Waals surface area (Å²) in [6.07, 6.45) is 2.85. The Kier molecular flexibility index (Phi) is 8.62. The third kappa shape index (κ3) is 8.57. The van der Waals surface area contributed by atoms with Crippen LogP contribution >= 0.6 is 0 Å². The quantitative estimate of drug-likeness (QED) is 0.384. The van der Waals surface area contributed by atoms with E-state index < -0.39 is 93.6 Å². The number of hydrogen-bond donors (Lipinski definition) is 3. The maximum Gasteiger partial charge on any atom is 0.410 e. The van der Waals surface area contributed by atoms with E-state index in [2.05, 4.69) is 10.6 Å². The van der Waals surface area contributed by atoms with Crippen LogP contribution in [0.4, 0.5) is 9.59 Å². The van der Waals surface area contributed by atoms with Crippen molar-refractivity contribution in [2.75, 3.05) is 20.5 Å². The second-order valence-corrected chi connectivity index (χ2v) is 15.6. The number of carbonyl (C=O) groups is 5. The number of rotatable bonds is 5. The molecule has 1 aromatic rings. The predicted molar refractivity (Wildman–Crippen MR) is 181 cm³/mol. The van der Waals surface area contributed by atoms with Gasteiger partial charge in [-0.15, -0.1) is 0 Å². The van der Waals surface area contributed by atoms with E-state index >= 15 is 0 Å². The summed E-state index contributed by atoms with van der Waals surface area (Å²) in [6, 6.07) is 4.92. The van der Waals surface area contributed by atoms with E-state index in [9.17, 15) is 32.4 Å². The third-order valence-electron chi connectivity index (χ3n) is 9.16. The molecule has 0 bridgehead atoms. The second-order valence-electron chi connectivity index (χ2n) is 14.1. The normalized spacial score (nSPS) is 30.2. The highest BCUT2D eigenvalue weighted by Gasteiger charge is 2.62. The van der Waals surface area contributed by atoms with Gasteiger partial charge >= 0.3 is 22.4 Å². The molecule has 3 aliphatic heterocycles. The Morgan fingerprint density at radius 1 is 1.08 bits per heavy atom. The van der Waals surface area contributed by atoms with Gasteiger partial charge in [0.1, 0.15) is 29.3 Å². The zero-order valence-corrected chi connectivity index (χ0v) is 29.1. The van der Waals surface area contributed by atoms with Gasteiger partial charge in [-0.25, -0.2) is 14.3 Å². The lowest BCUT2D eigenvalue weighted by atomic mass is 10.0. The largest absolute Gasteiger partial charge is 0.444 e. The summed E-state index contributed by atoms with van der Waals surface area (Å²) in [7, 11) is -5.53. The minimum Gasteiger partial charge on any atom is -0.444 e. The van der Waals surface area contributed by atoms with Crippen LogP contribution in [0.5, 0.6) is 0 Å². The number of amides is 5. The van der Waals surface area contributed by atoms with E-state index in [-0.39, 0.29) is 38.9 Å². The van der Waals surface area contributed by atoms with Crippen molar-refractivity contribution in [3.63, 3.8) is 0 Å². The van der Waals surface area contributed by atoms with Gasteiger partial charge in [0.05, 0.1) is 6.54 Å². The predicted octanol–water partition coefficient (Wildman–Crippen LogP) is 2.32. The van der Waals surface area contributed by atoms with Crippen LogP contribution in [0.15, 0.2) is 36.4 Å². The van der Waals surface area contributed by atoms with Gasteiger partial charge in [-0.2, -0.15) is 12.7 Å². The fourth-order valence-electron chi connectivity index (χ4n) is 6.55. The molecule has 50 heavy (non-hydrogen) atoms. The molecule has 16 heteroatoms. The van der Waals surface area contributed by atoms with Crippen LogP contribution in [-0.4, -0.2) is 102 Å². The number of alkyl carbamates (subject to hydrolysis) is 1. The topological polar surface area (TPSA) is 184 Å². The molecule has 0 unspecified atom stereocenters. The van der Waals surface area contributed by atoms with E-state index in [0.29, 0.717) is 25.7 Å². The summed E-state index contributed by atoms with van der Waals surface area (Å²) in [5.74, 6) is -3.79. The molecule has 0 radical (unpaired) electrons. The Morgan fingerprint density at radius 2 is 1.78 bits per heavy atom. The number of carbonyl (C=O) groups excluding carboxylic acids is 5. The highest BCUT2D eigenvalue weighted by Crippen LogP contribution is 2.45.